The highest BCUT2D eigenvalue weighted by Gasteiger charge is 2.45. The van der Waals surface area contributed by atoms with Crippen molar-refractivity contribution >= 4 is 17.7 Å². The second kappa shape index (κ2) is 12.2. The van der Waals surface area contributed by atoms with Crippen LogP contribution in [0.3, 0.4) is 0 Å². The predicted molar refractivity (Wildman–Crippen MR) is 148 cm³/mol. The van der Waals surface area contributed by atoms with Crippen LogP contribution in [0.15, 0.2) is 24.3 Å². The molecule has 4 aliphatic rings. The van der Waals surface area contributed by atoms with Crippen molar-refractivity contribution in [2.75, 3.05) is 19.6 Å². The molecule has 2 saturated heterocycles. The van der Waals surface area contributed by atoms with Crippen LogP contribution in [0.1, 0.15) is 95.2 Å². The SMILES string of the molecule is CC[C@@H](C)C(=O)N[C@H](C(=O)N1C[C@H]2CCCN2C[C@H]1C(=O)N[C@@H]1CCCc2ccccc21)C1CCCCC1. The van der Waals surface area contributed by atoms with Crippen molar-refractivity contribution in [3.05, 3.63) is 35.4 Å². The number of hydrogen-bond donors (Lipinski definition) is 2. The van der Waals surface area contributed by atoms with Crippen LogP contribution in [0.2, 0.25) is 0 Å². The fourth-order valence-corrected chi connectivity index (χ4v) is 7.17. The van der Waals surface area contributed by atoms with E-state index in [1.54, 1.807) is 0 Å². The largest absolute Gasteiger partial charge is 0.347 e. The number of piperazine rings is 1. The number of benzene rings is 1. The zero-order valence-corrected chi connectivity index (χ0v) is 23.3. The Balaban J connectivity index is 1.38. The number of nitrogens with zero attached hydrogens (tertiary/aromatic N) is 2. The average molecular weight is 523 g/mol. The van der Waals surface area contributed by atoms with E-state index in [-0.39, 0.29) is 35.6 Å². The Hall–Kier alpha value is -2.41. The lowest BCUT2D eigenvalue weighted by Crippen LogP contribution is -2.66. The van der Waals surface area contributed by atoms with Gasteiger partial charge in [-0.15, -0.1) is 0 Å². The first-order valence-electron chi connectivity index (χ1n) is 15.2. The zero-order valence-electron chi connectivity index (χ0n) is 23.3. The van der Waals surface area contributed by atoms with Crippen molar-refractivity contribution in [3.8, 4) is 0 Å². The van der Waals surface area contributed by atoms with Crippen LogP contribution in [0.5, 0.6) is 0 Å². The summed E-state index contributed by atoms with van der Waals surface area (Å²) in [5, 5.41) is 6.52. The maximum atomic E-state index is 14.4. The highest BCUT2D eigenvalue weighted by atomic mass is 16.2. The summed E-state index contributed by atoms with van der Waals surface area (Å²) >= 11 is 0. The van der Waals surface area contributed by atoms with Gasteiger partial charge in [0.25, 0.3) is 0 Å². The fraction of sp³-hybridized carbons (Fsp3) is 0.710. The quantitative estimate of drug-likeness (QED) is 0.568. The molecule has 5 rings (SSSR count). The van der Waals surface area contributed by atoms with Crippen LogP contribution in [0, 0.1) is 11.8 Å². The van der Waals surface area contributed by atoms with Gasteiger partial charge in [-0.25, -0.2) is 0 Å². The van der Waals surface area contributed by atoms with Crippen molar-refractivity contribution < 1.29 is 14.4 Å². The summed E-state index contributed by atoms with van der Waals surface area (Å²) in [6.07, 6.45) is 11.2. The molecule has 7 nitrogen and oxygen atoms in total. The van der Waals surface area contributed by atoms with E-state index in [1.165, 1.54) is 17.5 Å². The molecule has 0 spiro atoms. The Morgan fingerprint density at radius 3 is 2.55 bits per heavy atom. The molecular formula is C31H46N4O3. The van der Waals surface area contributed by atoms with Gasteiger partial charge in [0, 0.05) is 25.0 Å². The number of aryl methyl sites for hydroxylation is 1. The number of amides is 3. The molecule has 0 aromatic heterocycles. The van der Waals surface area contributed by atoms with Crippen molar-refractivity contribution in [1.82, 2.24) is 20.4 Å². The van der Waals surface area contributed by atoms with E-state index in [0.29, 0.717) is 19.1 Å². The molecule has 38 heavy (non-hydrogen) atoms. The average Bonchev–Trinajstić information content (AvgIpc) is 3.42. The molecule has 1 saturated carbocycles. The molecule has 7 heteroatoms. The lowest BCUT2D eigenvalue weighted by atomic mass is 9.82. The van der Waals surface area contributed by atoms with Gasteiger partial charge in [-0.2, -0.15) is 0 Å². The highest BCUT2D eigenvalue weighted by Crippen LogP contribution is 2.33. The summed E-state index contributed by atoms with van der Waals surface area (Å²) in [7, 11) is 0. The minimum absolute atomic E-state index is 0.0139. The van der Waals surface area contributed by atoms with Crippen LogP contribution in [0.4, 0.5) is 0 Å². The van der Waals surface area contributed by atoms with Gasteiger partial charge in [-0.1, -0.05) is 57.4 Å². The molecule has 1 aromatic rings. The van der Waals surface area contributed by atoms with Crippen molar-refractivity contribution in [3.63, 3.8) is 0 Å². The van der Waals surface area contributed by atoms with E-state index >= 15 is 0 Å². The van der Waals surface area contributed by atoms with Gasteiger partial charge in [-0.3, -0.25) is 19.3 Å². The van der Waals surface area contributed by atoms with Crippen LogP contribution in [-0.2, 0) is 20.8 Å². The molecule has 2 heterocycles. The van der Waals surface area contributed by atoms with Crippen LogP contribution >= 0.6 is 0 Å². The van der Waals surface area contributed by atoms with Gasteiger partial charge in [0.05, 0.1) is 6.04 Å². The highest BCUT2D eigenvalue weighted by molar-refractivity contribution is 5.93. The van der Waals surface area contributed by atoms with Crippen molar-refractivity contribution in [1.29, 1.82) is 0 Å². The van der Waals surface area contributed by atoms with Crippen LogP contribution < -0.4 is 10.6 Å². The Morgan fingerprint density at radius 2 is 1.76 bits per heavy atom. The molecule has 1 aromatic carbocycles. The Bertz CT molecular complexity index is 1010. The van der Waals surface area contributed by atoms with Crippen LogP contribution in [0.25, 0.3) is 0 Å². The zero-order chi connectivity index (χ0) is 26.6. The number of carbonyl (C=O) groups is 3. The van der Waals surface area contributed by atoms with Crippen molar-refractivity contribution in [2.45, 2.75) is 109 Å². The van der Waals surface area contributed by atoms with E-state index < -0.39 is 12.1 Å². The number of fused-ring (bicyclic) bond motifs is 2. The molecule has 2 N–H and O–H groups in total. The fourth-order valence-electron chi connectivity index (χ4n) is 7.17. The maximum absolute atomic E-state index is 14.4. The Labute approximate surface area is 228 Å². The molecule has 5 atom stereocenters. The van der Waals surface area contributed by atoms with Crippen LogP contribution in [-0.4, -0.2) is 65.3 Å². The normalized spacial score (nSPS) is 27.6. The Kier molecular flexibility index (Phi) is 8.71. The molecule has 0 bridgehead atoms. The summed E-state index contributed by atoms with van der Waals surface area (Å²) in [6, 6.07) is 7.61. The summed E-state index contributed by atoms with van der Waals surface area (Å²) in [5.74, 6) is -0.146. The second-order valence-corrected chi connectivity index (χ2v) is 12.1. The number of rotatable bonds is 7. The summed E-state index contributed by atoms with van der Waals surface area (Å²) in [5.41, 5.74) is 2.52. The number of carbonyl (C=O) groups excluding carboxylic acids is 3. The van der Waals surface area contributed by atoms with Gasteiger partial charge in [0.1, 0.15) is 12.1 Å². The molecule has 3 amide bonds. The summed E-state index contributed by atoms with van der Waals surface area (Å²) < 4.78 is 0. The summed E-state index contributed by atoms with van der Waals surface area (Å²) in [4.78, 5) is 45.6. The van der Waals surface area contributed by atoms with E-state index in [9.17, 15) is 14.4 Å². The molecule has 208 valence electrons. The lowest BCUT2D eigenvalue weighted by molar-refractivity contribution is -0.149. The topological polar surface area (TPSA) is 81.8 Å². The first-order chi connectivity index (χ1) is 18.5. The maximum Gasteiger partial charge on any atom is 0.246 e. The number of nitrogens with one attached hydrogen (secondary N) is 2. The second-order valence-electron chi connectivity index (χ2n) is 12.1. The molecular weight excluding hydrogens is 476 g/mol. The van der Waals surface area contributed by atoms with Gasteiger partial charge in [0.2, 0.25) is 17.7 Å². The van der Waals surface area contributed by atoms with E-state index in [0.717, 1.165) is 70.8 Å². The molecule has 2 aliphatic heterocycles. The van der Waals surface area contributed by atoms with E-state index in [4.69, 9.17) is 0 Å². The smallest absolute Gasteiger partial charge is 0.246 e. The van der Waals surface area contributed by atoms with E-state index in [2.05, 4.69) is 33.7 Å². The standard InChI is InChI=1S/C31H46N4O3/c1-3-21(2)29(36)33-28(23-12-5-4-6-13-23)31(38)35-19-24-15-10-18-34(24)20-27(35)30(37)32-26-17-9-14-22-11-7-8-16-25(22)26/h7-8,11,16,21,23-24,26-28H,3-6,9-10,12-15,17-20H2,1-2H3,(H,32,37)(H,33,36)/t21-,24-,26-,27+,28+/m1/s1. The minimum Gasteiger partial charge on any atom is -0.347 e. The van der Waals surface area contributed by atoms with Gasteiger partial charge >= 0.3 is 0 Å². The van der Waals surface area contributed by atoms with Gasteiger partial charge in [0.15, 0.2) is 0 Å². The number of hydrogen-bond acceptors (Lipinski definition) is 4. The van der Waals surface area contributed by atoms with Gasteiger partial charge in [-0.05, 0) is 75.0 Å². The minimum atomic E-state index is -0.546. The molecule has 2 aliphatic carbocycles. The first kappa shape index (κ1) is 27.2. The third-order valence-corrected chi connectivity index (χ3v) is 9.71. The third-order valence-electron chi connectivity index (χ3n) is 9.71. The lowest BCUT2D eigenvalue weighted by Gasteiger charge is -2.45. The van der Waals surface area contributed by atoms with Crippen molar-refractivity contribution in [2.24, 2.45) is 11.8 Å². The van der Waals surface area contributed by atoms with E-state index in [1.807, 2.05) is 24.8 Å². The summed E-state index contributed by atoms with van der Waals surface area (Å²) in [6.45, 7) is 6.06. The first-order valence-corrected chi connectivity index (χ1v) is 15.2. The monoisotopic (exact) mass is 522 g/mol. The molecule has 3 fully saturated rings. The van der Waals surface area contributed by atoms with Gasteiger partial charge < -0.3 is 15.5 Å². The molecule has 0 radical (unpaired) electrons. The predicted octanol–water partition coefficient (Wildman–Crippen LogP) is 3.97. The molecule has 0 unspecified atom stereocenters. The Morgan fingerprint density at radius 1 is 0.974 bits per heavy atom. The third kappa shape index (κ3) is 5.78.